The number of hydrogen-bond acceptors (Lipinski definition) is 6. The second-order valence-electron chi connectivity index (χ2n) is 10.2. The smallest absolute Gasteiger partial charge is 0.328 e. The first-order valence-electron chi connectivity index (χ1n) is 13.8. The predicted octanol–water partition coefficient (Wildman–Crippen LogP) is 5.16. The summed E-state index contributed by atoms with van der Waals surface area (Å²) in [5.41, 5.74) is 0.929. The van der Waals surface area contributed by atoms with Gasteiger partial charge in [-0.1, -0.05) is 39.2 Å². The largest absolute Gasteiger partial charge is 0.467 e. The van der Waals surface area contributed by atoms with Gasteiger partial charge in [0.1, 0.15) is 17.4 Å². The van der Waals surface area contributed by atoms with E-state index >= 15 is 4.39 Å². The summed E-state index contributed by atoms with van der Waals surface area (Å²) in [6.07, 6.45) is 11.8. The molecule has 0 aliphatic heterocycles. The standard InChI is InChI=1S/C30H37FN4O4/c1-4-21(5-2)35-18-23(29(37)34-26(30(38)39-3)14-19-10-9-13-32-17-19)28(36)22-15-24(31)25(16-27(22)35)33-20-11-7-6-8-12-20/h9-10,13,15-18,20-21,26,33H,4-8,11-12,14H2,1-3H3,(H,34,37)/t26-/m1/s1. The zero-order valence-electron chi connectivity index (χ0n) is 22.8. The highest BCUT2D eigenvalue weighted by atomic mass is 19.1. The van der Waals surface area contributed by atoms with E-state index in [1.54, 1.807) is 36.8 Å². The molecule has 4 rings (SSSR count). The summed E-state index contributed by atoms with van der Waals surface area (Å²) in [6, 6.07) is 5.59. The van der Waals surface area contributed by atoms with Crippen molar-refractivity contribution < 1.29 is 18.7 Å². The van der Waals surface area contributed by atoms with Gasteiger partial charge in [0.05, 0.1) is 18.3 Å². The molecule has 1 amide bonds. The monoisotopic (exact) mass is 536 g/mol. The Labute approximate surface area is 228 Å². The number of pyridine rings is 2. The van der Waals surface area contributed by atoms with E-state index in [0.717, 1.165) is 44.1 Å². The Kier molecular flexibility index (Phi) is 9.32. The van der Waals surface area contributed by atoms with Crippen LogP contribution in [0, 0.1) is 5.82 Å². The number of fused-ring (bicyclic) bond motifs is 1. The minimum Gasteiger partial charge on any atom is -0.467 e. The highest BCUT2D eigenvalue weighted by Gasteiger charge is 2.26. The van der Waals surface area contributed by atoms with Gasteiger partial charge in [-0.3, -0.25) is 14.6 Å². The van der Waals surface area contributed by atoms with E-state index in [0.29, 0.717) is 11.2 Å². The average Bonchev–Trinajstić information content (AvgIpc) is 2.95. The molecule has 2 heterocycles. The topological polar surface area (TPSA) is 102 Å². The van der Waals surface area contributed by atoms with Gasteiger partial charge in [-0.2, -0.15) is 0 Å². The fourth-order valence-corrected chi connectivity index (χ4v) is 5.42. The van der Waals surface area contributed by atoms with E-state index in [1.807, 2.05) is 18.4 Å². The Balaban J connectivity index is 1.74. The zero-order chi connectivity index (χ0) is 27.9. The van der Waals surface area contributed by atoms with Crippen LogP contribution >= 0.6 is 0 Å². The van der Waals surface area contributed by atoms with Gasteiger partial charge in [0.25, 0.3) is 5.91 Å². The minimum absolute atomic E-state index is 0.0144. The SMILES string of the molecule is CCC(CC)n1cc(C(=O)N[C@H](Cc2cccnc2)C(=O)OC)c(=O)c2cc(F)c(NC3CCCCC3)cc21. The van der Waals surface area contributed by atoms with E-state index in [9.17, 15) is 14.4 Å². The highest BCUT2D eigenvalue weighted by Crippen LogP contribution is 2.29. The normalized spacial score (nSPS) is 14.8. The molecule has 8 nitrogen and oxygen atoms in total. The van der Waals surface area contributed by atoms with Crippen molar-refractivity contribution in [2.75, 3.05) is 12.4 Å². The first-order valence-corrected chi connectivity index (χ1v) is 13.8. The molecule has 0 spiro atoms. The van der Waals surface area contributed by atoms with Crippen LogP contribution in [0.25, 0.3) is 10.9 Å². The van der Waals surface area contributed by atoms with Gasteiger partial charge in [-0.25, -0.2) is 9.18 Å². The second kappa shape index (κ2) is 12.9. The number of anilines is 1. The lowest BCUT2D eigenvalue weighted by molar-refractivity contribution is -0.142. The number of methoxy groups -OCH3 is 1. The van der Waals surface area contributed by atoms with Crippen molar-refractivity contribution >= 4 is 28.5 Å². The molecule has 3 aromatic rings. The van der Waals surface area contributed by atoms with Crippen LogP contribution in [0.4, 0.5) is 10.1 Å². The predicted molar refractivity (Wildman–Crippen MR) is 149 cm³/mol. The highest BCUT2D eigenvalue weighted by molar-refractivity contribution is 5.99. The van der Waals surface area contributed by atoms with Crippen molar-refractivity contribution in [3.05, 3.63) is 70.0 Å². The molecule has 0 unspecified atom stereocenters. The van der Waals surface area contributed by atoms with Gasteiger partial charge < -0.3 is 19.9 Å². The Hall–Kier alpha value is -3.75. The summed E-state index contributed by atoms with van der Waals surface area (Å²) < 4.78 is 22.1. The van der Waals surface area contributed by atoms with E-state index in [1.165, 1.54) is 19.6 Å². The number of ether oxygens (including phenoxy) is 1. The van der Waals surface area contributed by atoms with E-state index in [-0.39, 0.29) is 29.5 Å². The Bertz CT molecular complexity index is 1360. The fraction of sp³-hybridized carbons (Fsp3) is 0.467. The maximum atomic E-state index is 15.3. The summed E-state index contributed by atoms with van der Waals surface area (Å²) >= 11 is 0. The number of hydrogen-bond donors (Lipinski definition) is 2. The zero-order valence-corrected chi connectivity index (χ0v) is 22.8. The Morgan fingerprint density at radius 2 is 1.92 bits per heavy atom. The molecule has 1 fully saturated rings. The lowest BCUT2D eigenvalue weighted by Gasteiger charge is -2.26. The maximum absolute atomic E-state index is 15.3. The average molecular weight is 537 g/mol. The van der Waals surface area contributed by atoms with Crippen molar-refractivity contribution in [2.45, 2.75) is 83.3 Å². The summed E-state index contributed by atoms with van der Waals surface area (Å²) in [5, 5.41) is 6.13. The van der Waals surface area contributed by atoms with Gasteiger partial charge in [0, 0.05) is 42.5 Å². The molecule has 0 radical (unpaired) electrons. The first kappa shape index (κ1) is 28.3. The summed E-state index contributed by atoms with van der Waals surface area (Å²) in [4.78, 5) is 43.6. The summed E-state index contributed by atoms with van der Waals surface area (Å²) in [6.45, 7) is 4.06. The van der Waals surface area contributed by atoms with Crippen molar-refractivity contribution in [3.63, 3.8) is 0 Å². The number of amides is 1. The molecule has 0 bridgehead atoms. The molecular weight excluding hydrogens is 499 g/mol. The lowest BCUT2D eigenvalue weighted by atomic mass is 9.95. The molecule has 2 N–H and O–H groups in total. The fourth-order valence-electron chi connectivity index (χ4n) is 5.42. The van der Waals surface area contributed by atoms with E-state index in [2.05, 4.69) is 15.6 Å². The van der Waals surface area contributed by atoms with E-state index in [4.69, 9.17) is 4.74 Å². The van der Waals surface area contributed by atoms with E-state index < -0.39 is 29.2 Å². The number of aromatic nitrogens is 2. The first-order chi connectivity index (χ1) is 18.9. The van der Waals surface area contributed by atoms with Crippen LogP contribution in [0.15, 0.2) is 47.7 Å². The summed E-state index contributed by atoms with van der Waals surface area (Å²) in [7, 11) is 1.24. The minimum atomic E-state index is -1.03. The van der Waals surface area contributed by atoms with Crippen molar-refractivity contribution in [1.29, 1.82) is 0 Å². The number of carbonyl (C=O) groups is 2. The van der Waals surface area contributed by atoms with Crippen LogP contribution in [0.1, 0.15) is 80.8 Å². The van der Waals surface area contributed by atoms with Crippen LogP contribution < -0.4 is 16.1 Å². The molecule has 1 aliphatic carbocycles. The third kappa shape index (κ3) is 6.46. The number of benzene rings is 1. The van der Waals surface area contributed by atoms with Gasteiger partial charge in [0.15, 0.2) is 0 Å². The van der Waals surface area contributed by atoms with Crippen LogP contribution in [-0.4, -0.2) is 40.6 Å². The molecule has 1 saturated carbocycles. The molecule has 39 heavy (non-hydrogen) atoms. The maximum Gasteiger partial charge on any atom is 0.328 e. The number of carbonyl (C=O) groups excluding carboxylic acids is 2. The van der Waals surface area contributed by atoms with Gasteiger partial charge in [0.2, 0.25) is 5.43 Å². The molecule has 1 aromatic carbocycles. The Morgan fingerprint density at radius 1 is 1.18 bits per heavy atom. The molecule has 208 valence electrons. The lowest BCUT2D eigenvalue weighted by Crippen LogP contribution is -2.44. The van der Waals surface area contributed by atoms with Crippen LogP contribution in [0.3, 0.4) is 0 Å². The van der Waals surface area contributed by atoms with Gasteiger partial charge >= 0.3 is 5.97 Å². The number of nitrogens with one attached hydrogen (secondary N) is 2. The molecule has 9 heteroatoms. The van der Waals surface area contributed by atoms with Crippen LogP contribution in [-0.2, 0) is 16.0 Å². The van der Waals surface area contributed by atoms with Crippen molar-refractivity contribution in [1.82, 2.24) is 14.9 Å². The Morgan fingerprint density at radius 3 is 2.56 bits per heavy atom. The number of rotatable bonds is 10. The van der Waals surface area contributed by atoms with Crippen LogP contribution in [0.2, 0.25) is 0 Å². The molecular formula is C30H37FN4O4. The van der Waals surface area contributed by atoms with Gasteiger partial charge in [-0.05, 0) is 49.4 Å². The van der Waals surface area contributed by atoms with Crippen molar-refractivity contribution in [3.8, 4) is 0 Å². The molecule has 1 atom stereocenters. The van der Waals surface area contributed by atoms with Gasteiger partial charge in [-0.15, -0.1) is 0 Å². The molecule has 0 saturated heterocycles. The molecule has 2 aromatic heterocycles. The number of halogens is 1. The number of esters is 1. The third-order valence-electron chi connectivity index (χ3n) is 7.62. The molecule has 1 aliphatic rings. The summed E-state index contributed by atoms with van der Waals surface area (Å²) in [5.74, 6) is -1.88. The quantitative estimate of drug-likeness (QED) is 0.347. The number of nitrogens with zero attached hydrogens (tertiary/aromatic N) is 2. The van der Waals surface area contributed by atoms with Crippen molar-refractivity contribution in [2.24, 2.45) is 0 Å². The second-order valence-corrected chi connectivity index (χ2v) is 10.2. The van der Waals surface area contributed by atoms with Crippen LogP contribution in [0.5, 0.6) is 0 Å². The third-order valence-corrected chi connectivity index (χ3v) is 7.62.